The molecule has 2 amide bonds. The number of halogens is 1. The van der Waals surface area contributed by atoms with Crippen molar-refractivity contribution in [2.24, 2.45) is 0 Å². The maximum absolute atomic E-state index is 12.9. The van der Waals surface area contributed by atoms with Gasteiger partial charge in [0.25, 0.3) is 11.8 Å². The molecule has 8 heteroatoms. The number of amides is 2. The van der Waals surface area contributed by atoms with E-state index in [-0.39, 0.29) is 9.88 Å². The van der Waals surface area contributed by atoms with Crippen molar-refractivity contribution in [3.63, 3.8) is 0 Å². The predicted octanol–water partition coefficient (Wildman–Crippen LogP) is 5.51. The third-order valence-corrected chi connectivity index (χ3v) is 6.42. The van der Waals surface area contributed by atoms with Crippen LogP contribution in [-0.4, -0.2) is 27.8 Å². The maximum atomic E-state index is 12.9. The lowest BCUT2D eigenvalue weighted by molar-refractivity contribution is -0.123. The number of nitrogens with one attached hydrogen (secondary N) is 1. The lowest BCUT2D eigenvalue weighted by atomic mass is 10.1. The summed E-state index contributed by atoms with van der Waals surface area (Å²) in [5.74, 6) is -0.199. The summed E-state index contributed by atoms with van der Waals surface area (Å²) in [5, 5.41) is 1.36. The zero-order chi connectivity index (χ0) is 23.2. The molecule has 0 unspecified atom stereocenters. The number of hydrogen-bond acceptors (Lipinski definition) is 5. The number of carbonyl (C=O) groups excluding carboxylic acids is 2. The molecule has 0 saturated carbocycles. The Bertz CT molecular complexity index is 1230. The van der Waals surface area contributed by atoms with Crippen LogP contribution in [0.25, 0.3) is 6.08 Å². The zero-order valence-corrected chi connectivity index (χ0v) is 19.8. The minimum absolute atomic E-state index is 0.238. The monoisotopic (exact) mass is 494 g/mol. The first-order valence-corrected chi connectivity index (χ1v) is 11.7. The highest BCUT2D eigenvalue weighted by Gasteiger charge is 2.34. The highest BCUT2D eigenvalue weighted by molar-refractivity contribution is 8.26. The molecule has 1 fully saturated rings. The number of thiocarbonyl (C=S) groups is 1. The molecule has 0 aliphatic carbocycles. The van der Waals surface area contributed by atoms with Crippen molar-refractivity contribution in [1.82, 2.24) is 10.4 Å². The molecule has 1 saturated heterocycles. The van der Waals surface area contributed by atoms with Crippen LogP contribution >= 0.6 is 35.6 Å². The van der Waals surface area contributed by atoms with Gasteiger partial charge in [-0.25, -0.2) is 0 Å². The molecule has 0 radical (unpaired) electrons. The van der Waals surface area contributed by atoms with Gasteiger partial charge in [-0.15, -0.1) is 0 Å². The van der Waals surface area contributed by atoms with E-state index in [0.717, 1.165) is 28.8 Å². The van der Waals surface area contributed by atoms with Crippen LogP contribution in [0.4, 0.5) is 0 Å². The quantitative estimate of drug-likeness (QED) is 0.347. The van der Waals surface area contributed by atoms with Gasteiger partial charge in [0.15, 0.2) is 4.32 Å². The van der Waals surface area contributed by atoms with Crippen LogP contribution in [0.15, 0.2) is 83.8 Å². The van der Waals surface area contributed by atoms with Crippen LogP contribution in [0, 0.1) is 0 Å². The molecule has 1 heterocycles. The molecule has 3 aromatic carbocycles. The van der Waals surface area contributed by atoms with Gasteiger partial charge in [-0.3, -0.25) is 15.0 Å². The topological polar surface area (TPSA) is 58.6 Å². The lowest BCUT2D eigenvalue weighted by Gasteiger charge is -2.16. The van der Waals surface area contributed by atoms with Crippen molar-refractivity contribution < 1.29 is 14.3 Å². The fourth-order valence-corrected chi connectivity index (χ4v) is 4.55. The summed E-state index contributed by atoms with van der Waals surface area (Å²) in [6.45, 7) is 0.545. The van der Waals surface area contributed by atoms with Crippen LogP contribution in [0.5, 0.6) is 5.75 Å². The molecule has 166 valence electrons. The molecule has 4 rings (SSSR count). The molecule has 1 aliphatic heterocycles. The fourth-order valence-electron chi connectivity index (χ4n) is 3.15. The second-order valence-electron chi connectivity index (χ2n) is 7.09. The molecule has 33 heavy (non-hydrogen) atoms. The number of hydrogen-bond donors (Lipinski definition) is 1. The van der Waals surface area contributed by atoms with Gasteiger partial charge in [0.05, 0.1) is 22.1 Å². The molecule has 0 atom stereocenters. The minimum atomic E-state index is -0.507. The van der Waals surface area contributed by atoms with E-state index in [9.17, 15) is 9.59 Å². The van der Waals surface area contributed by atoms with Gasteiger partial charge in [-0.05, 0) is 53.7 Å². The second kappa shape index (κ2) is 10.7. The SMILES string of the molecule is O=C(NN1C(=O)/C(=C/c2cccc(OCCc3ccccc3)c2)SC1=S)c1ccccc1Cl. The van der Waals surface area contributed by atoms with Crippen LogP contribution in [0.3, 0.4) is 0 Å². The summed E-state index contributed by atoms with van der Waals surface area (Å²) in [7, 11) is 0. The van der Waals surface area contributed by atoms with Crippen molar-refractivity contribution >= 4 is 57.8 Å². The van der Waals surface area contributed by atoms with E-state index < -0.39 is 11.8 Å². The summed E-state index contributed by atoms with van der Waals surface area (Å²) >= 11 is 12.5. The number of thioether (sulfide) groups is 1. The number of hydrazine groups is 1. The smallest absolute Gasteiger partial charge is 0.285 e. The van der Waals surface area contributed by atoms with Gasteiger partial charge in [0.1, 0.15) is 5.75 Å². The highest BCUT2D eigenvalue weighted by Crippen LogP contribution is 2.32. The van der Waals surface area contributed by atoms with Crippen molar-refractivity contribution in [2.75, 3.05) is 6.61 Å². The van der Waals surface area contributed by atoms with Crippen molar-refractivity contribution in [3.05, 3.63) is 105 Å². The normalized spacial score (nSPS) is 14.6. The Kier molecular flexibility index (Phi) is 7.44. The number of benzene rings is 3. The third-order valence-electron chi connectivity index (χ3n) is 4.78. The Morgan fingerprint density at radius 2 is 1.82 bits per heavy atom. The Balaban J connectivity index is 1.41. The fraction of sp³-hybridized carbons (Fsp3) is 0.0800. The van der Waals surface area contributed by atoms with E-state index in [1.165, 1.54) is 5.56 Å². The summed E-state index contributed by atoms with van der Waals surface area (Å²) in [6.07, 6.45) is 2.53. The van der Waals surface area contributed by atoms with E-state index in [1.807, 2.05) is 42.5 Å². The van der Waals surface area contributed by atoms with Crippen LogP contribution in [0.2, 0.25) is 5.02 Å². The lowest BCUT2D eigenvalue weighted by Crippen LogP contribution is -2.44. The number of rotatable bonds is 7. The van der Waals surface area contributed by atoms with Crippen LogP contribution in [0.1, 0.15) is 21.5 Å². The largest absolute Gasteiger partial charge is 0.493 e. The minimum Gasteiger partial charge on any atom is -0.493 e. The Hall–Kier alpha value is -3.13. The van der Waals surface area contributed by atoms with E-state index >= 15 is 0 Å². The average Bonchev–Trinajstić information content (AvgIpc) is 3.07. The van der Waals surface area contributed by atoms with Gasteiger partial charge >= 0.3 is 0 Å². The second-order valence-corrected chi connectivity index (χ2v) is 9.18. The van der Waals surface area contributed by atoms with E-state index in [1.54, 1.807) is 30.3 Å². The molecule has 0 spiro atoms. The first kappa shape index (κ1) is 23.0. The molecular formula is C25H19ClN2O3S2. The van der Waals surface area contributed by atoms with Crippen LogP contribution < -0.4 is 10.2 Å². The number of nitrogens with zero attached hydrogens (tertiary/aromatic N) is 1. The molecule has 3 aromatic rings. The highest BCUT2D eigenvalue weighted by atomic mass is 35.5. The van der Waals surface area contributed by atoms with Crippen molar-refractivity contribution in [3.8, 4) is 5.75 Å². The summed E-state index contributed by atoms with van der Waals surface area (Å²) in [5.41, 5.74) is 4.80. The summed E-state index contributed by atoms with van der Waals surface area (Å²) in [6, 6.07) is 24.2. The first-order valence-electron chi connectivity index (χ1n) is 10.1. The molecule has 0 bridgehead atoms. The molecule has 5 nitrogen and oxygen atoms in total. The zero-order valence-electron chi connectivity index (χ0n) is 17.4. The van der Waals surface area contributed by atoms with Gasteiger partial charge in [0, 0.05) is 6.42 Å². The average molecular weight is 495 g/mol. The number of carbonyl (C=O) groups is 2. The van der Waals surface area contributed by atoms with Gasteiger partial charge < -0.3 is 4.74 Å². The van der Waals surface area contributed by atoms with E-state index in [0.29, 0.717) is 22.3 Å². The Labute approximate surface area is 206 Å². The van der Waals surface area contributed by atoms with Crippen molar-refractivity contribution in [1.29, 1.82) is 0 Å². The number of ether oxygens (including phenoxy) is 1. The van der Waals surface area contributed by atoms with E-state index in [2.05, 4.69) is 17.6 Å². The van der Waals surface area contributed by atoms with Gasteiger partial charge in [0.2, 0.25) is 0 Å². The van der Waals surface area contributed by atoms with Crippen LogP contribution in [-0.2, 0) is 11.2 Å². The molecule has 1 aliphatic rings. The molecule has 0 aromatic heterocycles. The van der Waals surface area contributed by atoms with Crippen molar-refractivity contribution in [2.45, 2.75) is 6.42 Å². The third kappa shape index (κ3) is 5.82. The Morgan fingerprint density at radius 3 is 2.61 bits per heavy atom. The standard InChI is InChI=1S/C25H19ClN2O3S2/c26-21-12-5-4-11-20(21)23(29)27-28-24(30)22(33-25(28)32)16-18-9-6-10-19(15-18)31-14-13-17-7-2-1-3-8-17/h1-12,15-16H,13-14H2,(H,27,29)/b22-16-. The predicted molar refractivity (Wildman–Crippen MR) is 136 cm³/mol. The maximum Gasteiger partial charge on any atom is 0.285 e. The summed E-state index contributed by atoms with van der Waals surface area (Å²) in [4.78, 5) is 25.8. The molecular weight excluding hydrogens is 476 g/mol. The van der Waals surface area contributed by atoms with E-state index in [4.69, 9.17) is 28.6 Å². The van der Waals surface area contributed by atoms with Gasteiger partial charge in [-0.2, -0.15) is 5.01 Å². The first-order chi connectivity index (χ1) is 16.0. The Morgan fingerprint density at radius 1 is 1.06 bits per heavy atom. The van der Waals surface area contributed by atoms with Gasteiger partial charge in [-0.1, -0.05) is 78.0 Å². The molecule has 1 N–H and O–H groups in total. The summed E-state index contributed by atoms with van der Waals surface area (Å²) < 4.78 is 6.11.